The zero-order valence-corrected chi connectivity index (χ0v) is 10.9. The Kier molecular flexibility index (Phi) is 2.44. The number of allylic oxidation sites excluding steroid dienone is 8. The summed E-state index contributed by atoms with van der Waals surface area (Å²) in [6.07, 6.45) is 11.7. The Bertz CT molecular complexity index is 495. The fourth-order valence-corrected chi connectivity index (χ4v) is 4.05. The summed E-state index contributed by atoms with van der Waals surface area (Å²) < 4.78 is 0. The largest absolute Gasteiger partial charge is 0.512 e. The van der Waals surface area contributed by atoms with Gasteiger partial charge in [-0.1, -0.05) is 37.6 Å². The molecule has 18 heavy (non-hydrogen) atoms. The van der Waals surface area contributed by atoms with Crippen LogP contribution in [-0.2, 0) is 0 Å². The summed E-state index contributed by atoms with van der Waals surface area (Å²) in [7, 11) is 0. The van der Waals surface area contributed by atoms with E-state index in [9.17, 15) is 10.2 Å². The number of aliphatic hydroxyl groups is 2. The highest BCUT2D eigenvalue weighted by atomic mass is 16.3. The molecule has 0 saturated heterocycles. The van der Waals surface area contributed by atoms with E-state index in [1.54, 1.807) is 6.08 Å². The fourth-order valence-electron chi connectivity index (χ4n) is 4.05. The Morgan fingerprint density at radius 2 is 1.94 bits per heavy atom. The van der Waals surface area contributed by atoms with Gasteiger partial charge in [-0.3, -0.25) is 0 Å². The van der Waals surface area contributed by atoms with Crippen LogP contribution in [0.2, 0.25) is 0 Å². The lowest BCUT2D eigenvalue weighted by atomic mass is 9.66. The van der Waals surface area contributed by atoms with E-state index in [1.807, 2.05) is 12.2 Å². The highest BCUT2D eigenvalue weighted by Gasteiger charge is 2.51. The zero-order chi connectivity index (χ0) is 12.9. The maximum absolute atomic E-state index is 9.98. The molecule has 96 valence electrons. The smallest absolute Gasteiger partial charge is 0.0956 e. The van der Waals surface area contributed by atoms with Crippen molar-refractivity contribution < 1.29 is 10.2 Å². The van der Waals surface area contributed by atoms with E-state index < -0.39 is 0 Å². The lowest BCUT2D eigenvalue weighted by molar-refractivity contribution is 0.164. The van der Waals surface area contributed by atoms with Crippen molar-refractivity contribution in [3.8, 4) is 0 Å². The van der Waals surface area contributed by atoms with Crippen LogP contribution < -0.4 is 0 Å². The molecule has 0 spiro atoms. The molecule has 0 radical (unpaired) electrons. The van der Waals surface area contributed by atoms with E-state index in [0.29, 0.717) is 23.4 Å². The summed E-state index contributed by atoms with van der Waals surface area (Å²) in [6, 6.07) is 0. The predicted molar refractivity (Wildman–Crippen MR) is 72.1 cm³/mol. The van der Waals surface area contributed by atoms with Crippen LogP contribution in [0.3, 0.4) is 0 Å². The van der Waals surface area contributed by atoms with Gasteiger partial charge in [-0.25, -0.2) is 0 Å². The van der Waals surface area contributed by atoms with E-state index in [4.69, 9.17) is 0 Å². The average molecular weight is 244 g/mol. The Balaban J connectivity index is 2.03. The van der Waals surface area contributed by atoms with Crippen LogP contribution >= 0.6 is 0 Å². The van der Waals surface area contributed by atoms with Crippen LogP contribution in [0.25, 0.3) is 0 Å². The van der Waals surface area contributed by atoms with Crippen LogP contribution in [0.5, 0.6) is 0 Å². The zero-order valence-electron chi connectivity index (χ0n) is 10.9. The minimum absolute atomic E-state index is 0.0362. The fraction of sp³-hybridized carbons (Fsp3) is 0.500. The summed E-state index contributed by atoms with van der Waals surface area (Å²) in [5.74, 6) is 1.93. The first-order valence-electron chi connectivity index (χ1n) is 6.69. The second-order valence-electron chi connectivity index (χ2n) is 6.09. The third-order valence-electron chi connectivity index (χ3n) is 5.07. The molecule has 0 bridgehead atoms. The number of aliphatic hydroxyl groups excluding tert-OH is 2. The minimum Gasteiger partial charge on any atom is -0.512 e. The second-order valence-corrected chi connectivity index (χ2v) is 6.09. The molecule has 0 aromatic rings. The average Bonchev–Trinajstić information content (AvgIpc) is 2.50. The van der Waals surface area contributed by atoms with Crippen molar-refractivity contribution in [3.63, 3.8) is 0 Å². The van der Waals surface area contributed by atoms with Crippen molar-refractivity contribution in [3.05, 3.63) is 47.5 Å². The van der Waals surface area contributed by atoms with Crippen molar-refractivity contribution in [1.29, 1.82) is 0 Å². The van der Waals surface area contributed by atoms with Gasteiger partial charge < -0.3 is 10.2 Å². The standard InChI is InChI=1S/C16H20O2/c1-10-14(18)6-5-11-8-12-9-13(17)4-3-7-16(12,2)15(10)11/h3-7,10,12,15,17-18H,8-9H2,1-2H3/t10?,12?,15?,16-/m1/s1. The Morgan fingerprint density at radius 1 is 1.17 bits per heavy atom. The maximum atomic E-state index is 9.98. The molecule has 0 aromatic carbocycles. The van der Waals surface area contributed by atoms with Crippen LogP contribution in [0, 0.1) is 23.2 Å². The predicted octanol–water partition coefficient (Wildman–Crippen LogP) is 4.05. The van der Waals surface area contributed by atoms with Crippen molar-refractivity contribution in [1.82, 2.24) is 0 Å². The van der Waals surface area contributed by atoms with Crippen LogP contribution in [0.15, 0.2) is 47.5 Å². The number of hydrogen-bond donors (Lipinski definition) is 2. The quantitative estimate of drug-likeness (QED) is 0.675. The first kappa shape index (κ1) is 11.6. The summed E-state index contributed by atoms with van der Waals surface area (Å²) >= 11 is 0. The van der Waals surface area contributed by atoms with Crippen LogP contribution in [0.4, 0.5) is 0 Å². The topological polar surface area (TPSA) is 40.5 Å². The van der Waals surface area contributed by atoms with E-state index in [2.05, 4.69) is 26.0 Å². The normalized spacial score (nSPS) is 42.3. The van der Waals surface area contributed by atoms with Crippen molar-refractivity contribution in [2.45, 2.75) is 26.7 Å². The van der Waals surface area contributed by atoms with Crippen molar-refractivity contribution in [2.24, 2.45) is 23.2 Å². The third-order valence-corrected chi connectivity index (χ3v) is 5.07. The molecule has 4 atom stereocenters. The lowest BCUT2D eigenvalue weighted by Crippen LogP contribution is -2.32. The lowest BCUT2D eigenvalue weighted by Gasteiger charge is -2.37. The molecule has 2 heteroatoms. The van der Waals surface area contributed by atoms with E-state index in [1.165, 1.54) is 5.57 Å². The molecule has 0 amide bonds. The van der Waals surface area contributed by atoms with Gasteiger partial charge in [-0.15, -0.1) is 0 Å². The van der Waals surface area contributed by atoms with Gasteiger partial charge in [0, 0.05) is 12.3 Å². The minimum atomic E-state index is 0.0362. The van der Waals surface area contributed by atoms with Gasteiger partial charge in [0.2, 0.25) is 0 Å². The van der Waals surface area contributed by atoms with Crippen molar-refractivity contribution >= 4 is 0 Å². The third kappa shape index (κ3) is 1.48. The number of fused-ring (bicyclic) bond motifs is 3. The second kappa shape index (κ2) is 3.78. The van der Waals surface area contributed by atoms with Gasteiger partial charge in [-0.05, 0) is 35.8 Å². The Labute approximate surface area is 108 Å². The van der Waals surface area contributed by atoms with Gasteiger partial charge in [-0.2, -0.15) is 0 Å². The molecular formula is C16H20O2. The summed E-state index contributed by atoms with van der Waals surface area (Å²) in [4.78, 5) is 0. The highest BCUT2D eigenvalue weighted by Crippen LogP contribution is 2.58. The maximum Gasteiger partial charge on any atom is 0.0956 e. The van der Waals surface area contributed by atoms with E-state index in [-0.39, 0.29) is 11.3 Å². The molecule has 0 aromatic heterocycles. The first-order valence-corrected chi connectivity index (χ1v) is 6.69. The molecule has 3 aliphatic carbocycles. The van der Waals surface area contributed by atoms with Crippen LogP contribution in [-0.4, -0.2) is 10.2 Å². The Hall–Kier alpha value is -1.44. The van der Waals surface area contributed by atoms with Crippen molar-refractivity contribution in [2.75, 3.05) is 0 Å². The molecule has 0 heterocycles. The Morgan fingerprint density at radius 3 is 2.72 bits per heavy atom. The van der Waals surface area contributed by atoms with Gasteiger partial charge in [0.25, 0.3) is 0 Å². The van der Waals surface area contributed by atoms with Gasteiger partial charge in [0.1, 0.15) is 0 Å². The summed E-state index contributed by atoms with van der Waals surface area (Å²) in [6.45, 7) is 4.37. The molecular weight excluding hydrogens is 224 g/mol. The molecule has 1 saturated carbocycles. The molecule has 2 N–H and O–H groups in total. The molecule has 0 aliphatic heterocycles. The molecule has 3 aliphatic rings. The molecule has 3 rings (SSSR count). The molecule has 2 nitrogen and oxygen atoms in total. The molecule has 1 fully saturated rings. The SMILES string of the molecule is CC1C(O)=CC=C2CC3CC(O)=CC=C[C@@]3(C)C21. The number of hydrogen-bond acceptors (Lipinski definition) is 2. The first-order chi connectivity index (χ1) is 8.52. The van der Waals surface area contributed by atoms with Gasteiger partial charge in [0.05, 0.1) is 11.5 Å². The highest BCUT2D eigenvalue weighted by molar-refractivity contribution is 5.36. The van der Waals surface area contributed by atoms with Crippen LogP contribution in [0.1, 0.15) is 26.7 Å². The van der Waals surface area contributed by atoms with Gasteiger partial charge in [0.15, 0.2) is 0 Å². The van der Waals surface area contributed by atoms with E-state index >= 15 is 0 Å². The monoisotopic (exact) mass is 244 g/mol. The molecule has 3 unspecified atom stereocenters. The van der Waals surface area contributed by atoms with E-state index in [0.717, 1.165) is 12.8 Å². The number of rotatable bonds is 0. The van der Waals surface area contributed by atoms with Gasteiger partial charge >= 0.3 is 0 Å². The summed E-state index contributed by atoms with van der Waals surface area (Å²) in [5.41, 5.74) is 1.46. The summed E-state index contributed by atoms with van der Waals surface area (Å²) in [5, 5.41) is 19.8.